The number of carbonyl (C=O) groups is 2. The fourth-order valence-corrected chi connectivity index (χ4v) is 3.07. The van der Waals surface area contributed by atoms with Crippen LogP contribution in [0.1, 0.15) is 48.5 Å². The highest BCUT2D eigenvalue weighted by Crippen LogP contribution is 2.32. The summed E-state index contributed by atoms with van der Waals surface area (Å²) in [7, 11) is 0. The molecule has 4 nitrogen and oxygen atoms in total. The molecule has 0 aromatic heterocycles. The van der Waals surface area contributed by atoms with Gasteiger partial charge in [-0.25, -0.2) is 9.18 Å². The highest BCUT2D eigenvalue weighted by atomic mass is 19.1. The summed E-state index contributed by atoms with van der Waals surface area (Å²) in [6.45, 7) is 3.67. The van der Waals surface area contributed by atoms with Crippen LogP contribution in [0.4, 0.5) is 4.39 Å². The van der Waals surface area contributed by atoms with Crippen LogP contribution in [0.5, 0.6) is 0 Å². The maximum atomic E-state index is 13.4. The van der Waals surface area contributed by atoms with Gasteiger partial charge in [0.1, 0.15) is 11.4 Å². The maximum absolute atomic E-state index is 13.4. The number of hydrogen-bond acceptors (Lipinski definition) is 2. The molecule has 0 bridgehead atoms. The zero-order valence-electron chi connectivity index (χ0n) is 12.3. The van der Waals surface area contributed by atoms with Gasteiger partial charge in [-0.15, -0.1) is 0 Å². The summed E-state index contributed by atoms with van der Waals surface area (Å²) < 4.78 is 13.4. The Kier molecular flexibility index (Phi) is 4.30. The zero-order valence-corrected chi connectivity index (χ0v) is 12.3. The van der Waals surface area contributed by atoms with E-state index in [1.165, 1.54) is 6.07 Å². The molecule has 1 aromatic rings. The first-order chi connectivity index (χ1) is 9.82. The molecule has 2 atom stereocenters. The van der Waals surface area contributed by atoms with Crippen molar-refractivity contribution in [1.82, 2.24) is 5.32 Å². The van der Waals surface area contributed by atoms with Crippen molar-refractivity contribution in [3.63, 3.8) is 0 Å². The molecule has 1 aliphatic carbocycles. The number of halogens is 1. The van der Waals surface area contributed by atoms with Gasteiger partial charge in [-0.05, 0) is 49.4 Å². The number of carbonyl (C=O) groups excluding carboxylic acids is 1. The van der Waals surface area contributed by atoms with Crippen molar-refractivity contribution < 1.29 is 19.1 Å². The van der Waals surface area contributed by atoms with Crippen LogP contribution >= 0.6 is 0 Å². The standard InChI is InChI=1S/C16H20FNO3/c1-10-4-3-5-16(9-10,15(20)21)18-14(19)12-6-11(2)7-13(17)8-12/h6-8,10H,3-5,9H2,1-2H3,(H,18,19)(H,20,21). The van der Waals surface area contributed by atoms with Crippen LogP contribution in [0.15, 0.2) is 18.2 Å². The second-order valence-corrected chi connectivity index (χ2v) is 6.06. The van der Waals surface area contributed by atoms with Gasteiger partial charge in [-0.3, -0.25) is 4.79 Å². The molecule has 2 rings (SSSR count). The minimum atomic E-state index is -1.24. The van der Waals surface area contributed by atoms with Crippen LogP contribution in [0.25, 0.3) is 0 Å². The van der Waals surface area contributed by atoms with Crippen molar-refractivity contribution in [2.75, 3.05) is 0 Å². The predicted molar refractivity (Wildman–Crippen MR) is 76.6 cm³/mol. The fourth-order valence-electron chi connectivity index (χ4n) is 3.07. The minimum Gasteiger partial charge on any atom is -0.480 e. The van der Waals surface area contributed by atoms with Crippen molar-refractivity contribution in [2.45, 2.75) is 45.1 Å². The maximum Gasteiger partial charge on any atom is 0.329 e. The molecule has 0 spiro atoms. The zero-order chi connectivity index (χ0) is 15.6. The van der Waals surface area contributed by atoms with Crippen molar-refractivity contribution in [3.05, 3.63) is 35.1 Å². The molecule has 1 aliphatic rings. The largest absolute Gasteiger partial charge is 0.480 e. The van der Waals surface area contributed by atoms with Crippen LogP contribution < -0.4 is 5.32 Å². The Morgan fingerprint density at radius 1 is 1.38 bits per heavy atom. The van der Waals surface area contributed by atoms with Crippen LogP contribution in [0, 0.1) is 18.7 Å². The molecule has 2 unspecified atom stereocenters. The SMILES string of the molecule is Cc1cc(F)cc(C(=O)NC2(C(=O)O)CCCC(C)C2)c1. The van der Waals surface area contributed by atoms with Gasteiger partial charge in [-0.2, -0.15) is 0 Å². The van der Waals surface area contributed by atoms with Gasteiger partial charge in [0, 0.05) is 5.56 Å². The van der Waals surface area contributed by atoms with E-state index < -0.39 is 23.2 Å². The van der Waals surface area contributed by atoms with Gasteiger partial charge in [0.2, 0.25) is 0 Å². The van der Waals surface area contributed by atoms with Crippen LogP contribution in [-0.2, 0) is 4.79 Å². The molecular formula is C16H20FNO3. The van der Waals surface area contributed by atoms with Crippen LogP contribution in [0.2, 0.25) is 0 Å². The lowest BCUT2D eigenvalue weighted by molar-refractivity contribution is -0.146. The average molecular weight is 293 g/mol. The van der Waals surface area contributed by atoms with Crippen molar-refractivity contribution >= 4 is 11.9 Å². The van der Waals surface area contributed by atoms with E-state index in [0.717, 1.165) is 18.9 Å². The number of amides is 1. The van der Waals surface area contributed by atoms with Gasteiger partial charge in [0.05, 0.1) is 0 Å². The minimum absolute atomic E-state index is 0.159. The predicted octanol–water partition coefficient (Wildman–Crippen LogP) is 2.90. The van der Waals surface area contributed by atoms with Gasteiger partial charge in [-0.1, -0.05) is 19.8 Å². The second kappa shape index (κ2) is 5.84. The first-order valence-corrected chi connectivity index (χ1v) is 7.15. The van der Waals surface area contributed by atoms with Gasteiger partial charge in [0.25, 0.3) is 5.91 Å². The number of hydrogen-bond donors (Lipinski definition) is 2. The topological polar surface area (TPSA) is 66.4 Å². The van der Waals surface area contributed by atoms with E-state index in [2.05, 4.69) is 5.32 Å². The smallest absolute Gasteiger partial charge is 0.329 e. The quantitative estimate of drug-likeness (QED) is 0.900. The summed E-state index contributed by atoms with van der Waals surface area (Å²) >= 11 is 0. The molecule has 1 amide bonds. The van der Waals surface area contributed by atoms with E-state index in [-0.39, 0.29) is 11.5 Å². The fraction of sp³-hybridized carbons (Fsp3) is 0.500. The van der Waals surface area contributed by atoms with E-state index in [1.54, 1.807) is 13.0 Å². The molecule has 0 saturated heterocycles. The Labute approximate surface area is 123 Å². The molecule has 0 heterocycles. The highest BCUT2D eigenvalue weighted by Gasteiger charge is 2.43. The Morgan fingerprint density at radius 3 is 2.67 bits per heavy atom. The summed E-state index contributed by atoms with van der Waals surface area (Å²) in [6, 6.07) is 4.01. The molecule has 0 aliphatic heterocycles. The first-order valence-electron chi connectivity index (χ1n) is 7.15. The van der Waals surface area contributed by atoms with Crippen molar-refractivity contribution in [1.29, 1.82) is 0 Å². The van der Waals surface area contributed by atoms with Crippen molar-refractivity contribution in [2.24, 2.45) is 5.92 Å². The third-order valence-corrected chi connectivity index (χ3v) is 4.06. The molecular weight excluding hydrogens is 273 g/mol. The number of carboxylic acid groups (broad SMARTS) is 1. The molecule has 5 heteroatoms. The third kappa shape index (κ3) is 3.40. The van der Waals surface area contributed by atoms with E-state index in [0.29, 0.717) is 18.4 Å². The third-order valence-electron chi connectivity index (χ3n) is 4.06. The first kappa shape index (κ1) is 15.5. The normalized spacial score (nSPS) is 25.4. The number of benzene rings is 1. The lowest BCUT2D eigenvalue weighted by atomic mass is 9.76. The van der Waals surface area contributed by atoms with E-state index in [4.69, 9.17) is 0 Å². The van der Waals surface area contributed by atoms with E-state index in [1.807, 2.05) is 6.92 Å². The summed E-state index contributed by atoms with van der Waals surface area (Å²) in [4.78, 5) is 23.9. The lowest BCUT2D eigenvalue weighted by Crippen LogP contribution is -2.56. The Hall–Kier alpha value is -1.91. The van der Waals surface area contributed by atoms with E-state index in [9.17, 15) is 19.1 Å². The second-order valence-electron chi connectivity index (χ2n) is 6.06. The Morgan fingerprint density at radius 2 is 2.10 bits per heavy atom. The number of carboxylic acids is 1. The molecule has 1 aromatic carbocycles. The number of rotatable bonds is 3. The molecule has 114 valence electrons. The average Bonchev–Trinajstić information content (AvgIpc) is 2.37. The number of nitrogens with one attached hydrogen (secondary N) is 1. The molecule has 1 fully saturated rings. The monoisotopic (exact) mass is 293 g/mol. The van der Waals surface area contributed by atoms with Gasteiger partial charge < -0.3 is 10.4 Å². The number of aliphatic carboxylic acids is 1. The van der Waals surface area contributed by atoms with Gasteiger partial charge in [0.15, 0.2) is 0 Å². The van der Waals surface area contributed by atoms with Crippen molar-refractivity contribution in [3.8, 4) is 0 Å². The number of aryl methyl sites for hydroxylation is 1. The summed E-state index contributed by atoms with van der Waals surface area (Å²) in [6.07, 6.45) is 2.54. The molecule has 21 heavy (non-hydrogen) atoms. The molecule has 2 N–H and O–H groups in total. The van der Waals surface area contributed by atoms with Crippen LogP contribution in [-0.4, -0.2) is 22.5 Å². The highest BCUT2D eigenvalue weighted by molar-refractivity contribution is 5.98. The summed E-state index contributed by atoms with van der Waals surface area (Å²) in [5.41, 5.74) is -0.456. The van der Waals surface area contributed by atoms with E-state index >= 15 is 0 Å². The lowest BCUT2D eigenvalue weighted by Gasteiger charge is -2.37. The summed E-state index contributed by atoms with van der Waals surface area (Å²) in [5, 5.41) is 12.2. The Balaban J connectivity index is 2.24. The molecule has 1 saturated carbocycles. The summed E-state index contributed by atoms with van der Waals surface area (Å²) in [5.74, 6) is -1.81. The molecule has 0 radical (unpaired) electrons. The van der Waals surface area contributed by atoms with Gasteiger partial charge >= 0.3 is 5.97 Å². The Bertz CT molecular complexity index is 552. The van der Waals surface area contributed by atoms with Crippen LogP contribution in [0.3, 0.4) is 0 Å².